The van der Waals surface area contributed by atoms with E-state index in [1.807, 2.05) is 6.92 Å². The molecule has 88 valence electrons. The minimum absolute atomic E-state index is 0.0522. The number of nitro groups is 1. The van der Waals surface area contributed by atoms with Crippen molar-refractivity contribution in [3.63, 3.8) is 0 Å². The molecule has 0 bridgehead atoms. The molecular weight excluding hydrogens is 214 g/mol. The number of aromatic nitrogens is 2. The quantitative estimate of drug-likeness (QED) is 0.433. The SMILES string of the molecule is CCCOc1nc(C)c([N+](=O)[O-])c(NN)n1. The Kier molecular flexibility index (Phi) is 3.95. The van der Waals surface area contributed by atoms with Crippen LogP contribution in [0, 0.1) is 17.0 Å². The highest BCUT2D eigenvalue weighted by Gasteiger charge is 2.21. The second-order valence-electron chi connectivity index (χ2n) is 3.04. The highest BCUT2D eigenvalue weighted by molar-refractivity contribution is 5.58. The number of rotatable bonds is 5. The van der Waals surface area contributed by atoms with Gasteiger partial charge in [-0.25, -0.2) is 5.84 Å². The van der Waals surface area contributed by atoms with Crippen LogP contribution in [-0.4, -0.2) is 21.5 Å². The zero-order valence-corrected chi connectivity index (χ0v) is 9.06. The van der Waals surface area contributed by atoms with Crippen molar-refractivity contribution in [1.29, 1.82) is 0 Å². The number of nitrogens with zero attached hydrogens (tertiary/aromatic N) is 3. The van der Waals surface area contributed by atoms with Crippen LogP contribution in [0.1, 0.15) is 19.0 Å². The van der Waals surface area contributed by atoms with Gasteiger partial charge in [0.2, 0.25) is 5.82 Å². The summed E-state index contributed by atoms with van der Waals surface area (Å²) in [6, 6.07) is 0.0814. The highest BCUT2D eigenvalue weighted by Crippen LogP contribution is 2.26. The number of anilines is 1. The summed E-state index contributed by atoms with van der Waals surface area (Å²) in [5, 5.41) is 10.7. The zero-order valence-electron chi connectivity index (χ0n) is 9.06. The van der Waals surface area contributed by atoms with Gasteiger partial charge in [-0.1, -0.05) is 6.92 Å². The molecule has 3 N–H and O–H groups in total. The molecule has 0 aliphatic carbocycles. The monoisotopic (exact) mass is 227 g/mol. The molecule has 0 radical (unpaired) electrons. The topological polar surface area (TPSA) is 116 Å². The van der Waals surface area contributed by atoms with E-state index in [2.05, 4.69) is 15.4 Å². The normalized spacial score (nSPS) is 9.94. The van der Waals surface area contributed by atoms with Crippen LogP contribution < -0.4 is 16.0 Å². The molecule has 0 unspecified atom stereocenters. The molecule has 0 spiro atoms. The molecule has 1 rings (SSSR count). The molecule has 8 heteroatoms. The largest absolute Gasteiger partial charge is 0.463 e. The third-order valence-electron chi connectivity index (χ3n) is 1.79. The van der Waals surface area contributed by atoms with Crippen LogP contribution in [0.2, 0.25) is 0 Å². The molecule has 0 amide bonds. The molecule has 0 aliphatic rings. The lowest BCUT2D eigenvalue weighted by molar-refractivity contribution is -0.385. The Morgan fingerprint density at radius 1 is 1.56 bits per heavy atom. The molecule has 0 atom stereocenters. The van der Waals surface area contributed by atoms with Crippen LogP contribution in [0.15, 0.2) is 0 Å². The van der Waals surface area contributed by atoms with Crippen LogP contribution in [0.5, 0.6) is 6.01 Å². The highest BCUT2D eigenvalue weighted by atomic mass is 16.6. The van der Waals surface area contributed by atoms with Crippen molar-refractivity contribution in [3.05, 3.63) is 15.8 Å². The van der Waals surface area contributed by atoms with Gasteiger partial charge in [-0.15, -0.1) is 0 Å². The van der Waals surface area contributed by atoms with Gasteiger partial charge >= 0.3 is 11.7 Å². The van der Waals surface area contributed by atoms with Crippen molar-refractivity contribution in [3.8, 4) is 6.01 Å². The van der Waals surface area contributed by atoms with E-state index in [1.165, 1.54) is 6.92 Å². The summed E-state index contributed by atoms with van der Waals surface area (Å²) in [5.41, 5.74) is 2.13. The number of hydrogen-bond acceptors (Lipinski definition) is 7. The van der Waals surface area contributed by atoms with E-state index in [0.717, 1.165) is 6.42 Å². The third-order valence-corrected chi connectivity index (χ3v) is 1.79. The molecule has 1 aromatic heterocycles. The molecular formula is C8H13N5O3. The minimum Gasteiger partial charge on any atom is -0.463 e. The van der Waals surface area contributed by atoms with Crippen molar-refractivity contribution in [2.24, 2.45) is 5.84 Å². The van der Waals surface area contributed by atoms with Crippen molar-refractivity contribution >= 4 is 11.5 Å². The van der Waals surface area contributed by atoms with Gasteiger partial charge in [-0.2, -0.15) is 9.97 Å². The fourth-order valence-electron chi connectivity index (χ4n) is 1.12. The standard InChI is InChI=1S/C8H13N5O3/c1-3-4-16-8-10-5(2)6(13(14)15)7(11-8)12-9/h3-4,9H2,1-2H3,(H,10,11,12). The van der Waals surface area contributed by atoms with E-state index in [-0.39, 0.29) is 23.2 Å². The number of nitrogens with one attached hydrogen (secondary N) is 1. The van der Waals surface area contributed by atoms with Crippen LogP contribution >= 0.6 is 0 Å². The summed E-state index contributed by atoms with van der Waals surface area (Å²) in [4.78, 5) is 17.8. The molecule has 8 nitrogen and oxygen atoms in total. The van der Waals surface area contributed by atoms with E-state index in [1.54, 1.807) is 0 Å². The van der Waals surface area contributed by atoms with Crippen molar-refractivity contribution in [2.45, 2.75) is 20.3 Å². The fraction of sp³-hybridized carbons (Fsp3) is 0.500. The van der Waals surface area contributed by atoms with Gasteiger partial charge in [-0.3, -0.25) is 10.1 Å². The lowest BCUT2D eigenvalue weighted by Crippen LogP contribution is -2.14. The number of ether oxygens (including phenoxy) is 1. The Morgan fingerprint density at radius 2 is 2.25 bits per heavy atom. The van der Waals surface area contributed by atoms with Gasteiger partial charge < -0.3 is 10.2 Å². The summed E-state index contributed by atoms with van der Waals surface area (Å²) < 4.78 is 5.17. The predicted molar refractivity (Wildman–Crippen MR) is 57.0 cm³/mol. The second kappa shape index (κ2) is 5.21. The number of nitrogens with two attached hydrogens (primary N) is 1. The fourth-order valence-corrected chi connectivity index (χ4v) is 1.12. The Bertz CT molecular complexity index is 396. The molecule has 0 aliphatic heterocycles. The molecule has 1 aromatic rings. The molecule has 1 heterocycles. The van der Waals surface area contributed by atoms with Crippen LogP contribution in [0.25, 0.3) is 0 Å². The van der Waals surface area contributed by atoms with Gasteiger partial charge in [0.25, 0.3) is 0 Å². The van der Waals surface area contributed by atoms with Crippen LogP contribution in [-0.2, 0) is 0 Å². The second-order valence-corrected chi connectivity index (χ2v) is 3.04. The maximum Gasteiger partial charge on any atom is 0.333 e. The molecule has 16 heavy (non-hydrogen) atoms. The summed E-state index contributed by atoms with van der Waals surface area (Å²) >= 11 is 0. The first-order valence-electron chi connectivity index (χ1n) is 4.72. The first-order chi connectivity index (χ1) is 7.60. The number of hydrazine groups is 1. The Hall–Kier alpha value is -1.96. The van der Waals surface area contributed by atoms with E-state index >= 15 is 0 Å². The van der Waals surface area contributed by atoms with Crippen molar-refractivity contribution < 1.29 is 9.66 Å². The first-order valence-corrected chi connectivity index (χ1v) is 4.72. The maximum atomic E-state index is 10.7. The third kappa shape index (κ3) is 2.54. The van der Waals surface area contributed by atoms with Crippen molar-refractivity contribution in [2.75, 3.05) is 12.0 Å². The van der Waals surface area contributed by atoms with Gasteiger partial charge in [0.1, 0.15) is 5.69 Å². The Balaban J connectivity index is 3.11. The first kappa shape index (κ1) is 12.1. The minimum atomic E-state index is -0.589. The average Bonchev–Trinajstić information content (AvgIpc) is 2.24. The Labute approximate surface area is 92.0 Å². The number of hydrogen-bond donors (Lipinski definition) is 2. The lowest BCUT2D eigenvalue weighted by atomic mass is 10.3. The van der Waals surface area contributed by atoms with Crippen LogP contribution in [0.3, 0.4) is 0 Å². The van der Waals surface area contributed by atoms with Gasteiger partial charge in [0.15, 0.2) is 0 Å². The van der Waals surface area contributed by atoms with Gasteiger partial charge in [0.05, 0.1) is 11.5 Å². The van der Waals surface area contributed by atoms with E-state index < -0.39 is 4.92 Å². The summed E-state index contributed by atoms with van der Waals surface area (Å²) in [7, 11) is 0. The molecule has 0 aromatic carbocycles. The molecule has 0 saturated carbocycles. The molecule has 0 saturated heterocycles. The number of nitrogen functional groups attached to an aromatic ring is 1. The summed E-state index contributed by atoms with van der Waals surface area (Å²) in [6.07, 6.45) is 0.796. The Morgan fingerprint density at radius 3 is 2.75 bits per heavy atom. The van der Waals surface area contributed by atoms with Crippen molar-refractivity contribution in [1.82, 2.24) is 9.97 Å². The van der Waals surface area contributed by atoms with E-state index in [4.69, 9.17) is 10.6 Å². The predicted octanol–water partition coefficient (Wildman–Crippen LogP) is 0.768. The summed E-state index contributed by atoms with van der Waals surface area (Å²) in [6.45, 7) is 3.88. The average molecular weight is 227 g/mol. The summed E-state index contributed by atoms with van der Waals surface area (Å²) in [5.74, 6) is 5.10. The number of aryl methyl sites for hydroxylation is 1. The zero-order chi connectivity index (χ0) is 12.1. The molecule has 0 fully saturated rings. The van der Waals surface area contributed by atoms with Gasteiger partial charge in [-0.05, 0) is 13.3 Å². The van der Waals surface area contributed by atoms with Crippen LogP contribution in [0.4, 0.5) is 11.5 Å². The maximum absolute atomic E-state index is 10.7. The van der Waals surface area contributed by atoms with E-state index in [0.29, 0.717) is 6.61 Å². The smallest absolute Gasteiger partial charge is 0.333 e. The lowest BCUT2D eigenvalue weighted by Gasteiger charge is -2.07. The van der Waals surface area contributed by atoms with E-state index in [9.17, 15) is 10.1 Å². The van der Waals surface area contributed by atoms with Gasteiger partial charge in [0, 0.05) is 0 Å².